The Morgan fingerprint density at radius 2 is 1.78 bits per heavy atom. The molecule has 0 aliphatic carbocycles. The topological polar surface area (TPSA) is 53.5 Å². The average Bonchev–Trinajstić information content (AvgIpc) is 2.82. The number of amides is 2. The number of carbonyl (C=O) groups excluding carboxylic acids is 2. The second-order valence-corrected chi connectivity index (χ2v) is 9.16. The summed E-state index contributed by atoms with van der Waals surface area (Å²) in [6.07, 6.45) is 2.90. The van der Waals surface area contributed by atoms with Gasteiger partial charge in [-0.25, -0.2) is 4.98 Å². The largest absolute Gasteiger partial charge is 0.343 e. The van der Waals surface area contributed by atoms with Crippen molar-refractivity contribution in [1.29, 1.82) is 0 Å². The number of nitrogens with zero attached hydrogens (tertiary/aromatic N) is 3. The van der Waals surface area contributed by atoms with Gasteiger partial charge in [0.25, 0.3) is 5.91 Å². The molecule has 1 aromatic heterocycles. The van der Waals surface area contributed by atoms with Gasteiger partial charge in [-0.15, -0.1) is 0 Å². The minimum atomic E-state index is 0.0861. The van der Waals surface area contributed by atoms with Crippen LogP contribution in [0.15, 0.2) is 54.6 Å². The summed E-state index contributed by atoms with van der Waals surface area (Å²) in [5.41, 5.74) is 4.60. The maximum atomic E-state index is 13.9. The molecule has 0 spiro atoms. The third-order valence-corrected chi connectivity index (χ3v) is 7.07. The fraction of sp³-hybridized carbons (Fsp3) is 0.370. The second-order valence-electron chi connectivity index (χ2n) is 9.16. The minimum Gasteiger partial charge on any atom is -0.343 e. The molecule has 0 saturated carbocycles. The highest BCUT2D eigenvalue weighted by Crippen LogP contribution is 2.33. The summed E-state index contributed by atoms with van der Waals surface area (Å²) in [6, 6.07) is 18.4. The van der Waals surface area contributed by atoms with E-state index in [1.807, 2.05) is 35.2 Å². The van der Waals surface area contributed by atoms with Crippen LogP contribution in [-0.2, 0) is 4.79 Å². The lowest BCUT2D eigenvalue weighted by atomic mass is 9.83. The molecule has 32 heavy (non-hydrogen) atoms. The number of rotatable bonds is 2. The van der Waals surface area contributed by atoms with E-state index in [-0.39, 0.29) is 17.9 Å². The molecule has 2 amide bonds. The summed E-state index contributed by atoms with van der Waals surface area (Å²) in [6.45, 7) is 5.97. The molecule has 5 nitrogen and oxygen atoms in total. The Labute approximate surface area is 189 Å². The number of pyridine rings is 1. The number of piperidine rings is 2. The predicted octanol–water partition coefficient (Wildman–Crippen LogP) is 4.68. The van der Waals surface area contributed by atoms with Gasteiger partial charge in [-0.3, -0.25) is 9.59 Å². The van der Waals surface area contributed by atoms with Gasteiger partial charge in [-0.1, -0.05) is 48.0 Å². The second kappa shape index (κ2) is 8.38. The molecule has 2 saturated heterocycles. The molecule has 0 radical (unpaired) electrons. The van der Waals surface area contributed by atoms with Crippen LogP contribution >= 0.6 is 0 Å². The Morgan fingerprint density at radius 3 is 2.56 bits per heavy atom. The number of hydrogen-bond donors (Lipinski definition) is 0. The molecule has 0 bridgehead atoms. The lowest BCUT2D eigenvalue weighted by Crippen LogP contribution is -2.56. The molecule has 0 N–H and O–H groups in total. The predicted molar refractivity (Wildman–Crippen MR) is 126 cm³/mol. The standard InChI is InChI=1S/C27H29N3O2/c1-18-9-11-20(12-10-18)25-16-23(22-7-3-4-8-24(22)28-25)27(32)30-14-5-6-21-17-29(19(2)31)15-13-26(21)30/h3-4,7-12,16,21,26H,5-6,13-15,17H2,1-2H3/t21-,26+/m1/s1. The van der Waals surface area contributed by atoms with Gasteiger partial charge >= 0.3 is 0 Å². The van der Waals surface area contributed by atoms with Crippen LogP contribution in [0.2, 0.25) is 0 Å². The van der Waals surface area contributed by atoms with Crippen molar-refractivity contribution in [1.82, 2.24) is 14.8 Å². The fourth-order valence-corrected chi connectivity index (χ4v) is 5.32. The van der Waals surface area contributed by atoms with Crippen LogP contribution in [-0.4, -0.2) is 52.3 Å². The molecule has 2 fully saturated rings. The summed E-state index contributed by atoms with van der Waals surface area (Å²) < 4.78 is 0. The van der Waals surface area contributed by atoms with Crippen molar-refractivity contribution < 1.29 is 9.59 Å². The van der Waals surface area contributed by atoms with Crippen LogP contribution in [0.4, 0.5) is 0 Å². The number of aromatic nitrogens is 1. The Balaban J connectivity index is 1.53. The molecule has 2 aromatic carbocycles. The summed E-state index contributed by atoms with van der Waals surface area (Å²) >= 11 is 0. The highest BCUT2D eigenvalue weighted by atomic mass is 16.2. The molecule has 164 valence electrons. The quantitative estimate of drug-likeness (QED) is 0.597. The highest BCUT2D eigenvalue weighted by molar-refractivity contribution is 6.07. The molecular formula is C27H29N3O2. The maximum Gasteiger partial charge on any atom is 0.254 e. The van der Waals surface area contributed by atoms with E-state index < -0.39 is 0 Å². The van der Waals surface area contributed by atoms with Gasteiger partial charge in [0.2, 0.25) is 5.91 Å². The van der Waals surface area contributed by atoms with Crippen molar-refractivity contribution in [2.24, 2.45) is 5.92 Å². The van der Waals surface area contributed by atoms with Crippen molar-refractivity contribution in [2.75, 3.05) is 19.6 Å². The molecule has 5 heteroatoms. The van der Waals surface area contributed by atoms with Crippen LogP contribution in [0.25, 0.3) is 22.2 Å². The van der Waals surface area contributed by atoms with Crippen molar-refractivity contribution in [2.45, 2.75) is 39.2 Å². The SMILES string of the molecule is CC(=O)N1CC[C@H]2[C@H](CCCN2C(=O)c2cc(-c3ccc(C)cc3)nc3ccccc23)C1. The van der Waals surface area contributed by atoms with Gasteiger partial charge in [-0.05, 0) is 44.2 Å². The molecule has 3 heterocycles. The lowest BCUT2D eigenvalue weighted by Gasteiger charge is -2.47. The van der Waals surface area contributed by atoms with Crippen LogP contribution in [0.5, 0.6) is 0 Å². The van der Waals surface area contributed by atoms with Crippen LogP contribution < -0.4 is 0 Å². The Hall–Kier alpha value is -3.21. The van der Waals surface area contributed by atoms with E-state index in [9.17, 15) is 9.59 Å². The van der Waals surface area contributed by atoms with E-state index in [1.54, 1.807) is 6.92 Å². The Kier molecular flexibility index (Phi) is 5.41. The summed E-state index contributed by atoms with van der Waals surface area (Å²) in [7, 11) is 0. The zero-order valence-corrected chi connectivity index (χ0v) is 18.8. The van der Waals surface area contributed by atoms with Crippen molar-refractivity contribution in [3.05, 3.63) is 65.7 Å². The van der Waals surface area contributed by atoms with Crippen molar-refractivity contribution >= 4 is 22.7 Å². The average molecular weight is 428 g/mol. The van der Waals surface area contributed by atoms with E-state index in [0.29, 0.717) is 5.92 Å². The van der Waals surface area contributed by atoms with Crippen LogP contribution in [0, 0.1) is 12.8 Å². The normalized spacial score (nSPS) is 20.8. The number of para-hydroxylation sites is 1. The molecule has 2 aliphatic heterocycles. The maximum absolute atomic E-state index is 13.9. The number of aryl methyl sites for hydroxylation is 1. The van der Waals surface area contributed by atoms with E-state index in [1.165, 1.54) is 5.56 Å². The van der Waals surface area contributed by atoms with Crippen LogP contribution in [0.1, 0.15) is 42.1 Å². The van der Waals surface area contributed by atoms with Crippen molar-refractivity contribution in [3.63, 3.8) is 0 Å². The zero-order chi connectivity index (χ0) is 22.2. The first-order chi connectivity index (χ1) is 15.5. The number of benzene rings is 2. The smallest absolute Gasteiger partial charge is 0.254 e. The van der Waals surface area contributed by atoms with Gasteiger partial charge in [0.15, 0.2) is 0 Å². The monoisotopic (exact) mass is 427 g/mol. The lowest BCUT2D eigenvalue weighted by molar-refractivity contribution is -0.132. The number of likely N-dealkylation sites (tertiary alicyclic amines) is 2. The number of carbonyl (C=O) groups is 2. The number of fused-ring (bicyclic) bond motifs is 2. The first-order valence-electron chi connectivity index (χ1n) is 11.5. The molecule has 0 unspecified atom stereocenters. The first kappa shape index (κ1) is 20.7. The zero-order valence-electron chi connectivity index (χ0n) is 18.8. The van der Waals surface area contributed by atoms with Gasteiger partial charge in [0, 0.05) is 43.5 Å². The summed E-state index contributed by atoms with van der Waals surface area (Å²) in [5, 5.41) is 0.900. The van der Waals surface area contributed by atoms with Crippen molar-refractivity contribution in [3.8, 4) is 11.3 Å². The molecule has 2 atom stereocenters. The number of hydrogen-bond acceptors (Lipinski definition) is 3. The molecule has 2 aliphatic rings. The van der Waals surface area contributed by atoms with E-state index >= 15 is 0 Å². The van der Waals surface area contributed by atoms with E-state index in [0.717, 1.165) is 66.6 Å². The van der Waals surface area contributed by atoms with Gasteiger partial charge in [-0.2, -0.15) is 0 Å². The van der Waals surface area contributed by atoms with E-state index in [2.05, 4.69) is 36.1 Å². The van der Waals surface area contributed by atoms with Crippen LogP contribution in [0.3, 0.4) is 0 Å². The summed E-state index contributed by atoms with van der Waals surface area (Å²) in [4.78, 5) is 34.7. The minimum absolute atomic E-state index is 0.0861. The molecular weight excluding hydrogens is 398 g/mol. The first-order valence-corrected chi connectivity index (χ1v) is 11.5. The summed E-state index contributed by atoms with van der Waals surface area (Å²) in [5.74, 6) is 0.577. The third-order valence-electron chi connectivity index (χ3n) is 7.07. The Bertz CT molecular complexity index is 1170. The van der Waals surface area contributed by atoms with Gasteiger partial charge in [0.05, 0.1) is 16.8 Å². The Morgan fingerprint density at radius 1 is 1.00 bits per heavy atom. The fourth-order valence-electron chi connectivity index (χ4n) is 5.32. The van der Waals surface area contributed by atoms with Gasteiger partial charge < -0.3 is 9.80 Å². The van der Waals surface area contributed by atoms with Gasteiger partial charge in [0.1, 0.15) is 0 Å². The van der Waals surface area contributed by atoms with E-state index in [4.69, 9.17) is 4.98 Å². The highest BCUT2D eigenvalue weighted by Gasteiger charge is 2.39. The molecule has 3 aromatic rings. The third kappa shape index (κ3) is 3.77. The molecule has 5 rings (SSSR count).